The lowest BCUT2D eigenvalue weighted by atomic mass is 10.2. The van der Waals surface area contributed by atoms with Crippen LogP contribution in [-0.4, -0.2) is 36.4 Å². The molecule has 0 unspecified atom stereocenters. The largest absolute Gasteiger partial charge is 0.484 e. The van der Waals surface area contributed by atoms with Crippen LogP contribution in [0.25, 0.3) is 0 Å². The number of nitrogens with one attached hydrogen (secondary N) is 1. The molecule has 2 aromatic rings. The molecular formula is C19H20Cl2N2O3. The molecule has 0 heterocycles. The predicted octanol–water partition coefficient (Wildman–Crippen LogP) is 4.49. The summed E-state index contributed by atoms with van der Waals surface area (Å²) in [5.74, 6) is 0.118. The highest BCUT2D eigenvalue weighted by molar-refractivity contribution is 6.36. The van der Waals surface area contributed by atoms with Crippen molar-refractivity contribution < 1.29 is 14.3 Å². The minimum Gasteiger partial charge on any atom is -0.484 e. The normalized spacial score (nSPS) is 10.3. The summed E-state index contributed by atoms with van der Waals surface area (Å²) < 4.78 is 5.45. The minimum atomic E-state index is -0.350. The summed E-state index contributed by atoms with van der Waals surface area (Å²) in [4.78, 5) is 26.0. The maximum absolute atomic E-state index is 12.2. The van der Waals surface area contributed by atoms with Crippen molar-refractivity contribution in [2.45, 2.75) is 13.8 Å². The van der Waals surface area contributed by atoms with E-state index in [9.17, 15) is 9.59 Å². The van der Waals surface area contributed by atoms with Crippen LogP contribution in [0.1, 0.15) is 24.2 Å². The first-order valence-corrected chi connectivity index (χ1v) is 8.97. The first-order chi connectivity index (χ1) is 12.4. The molecular weight excluding hydrogens is 375 g/mol. The average molecular weight is 395 g/mol. The molecule has 0 radical (unpaired) electrons. The molecule has 0 bridgehead atoms. The highest BCUT2D eigenvalue weighted by Gasteiger charge is 2.12. The maximum Gasteiger partial charge on any atom is 0.262 e. The van der Waals surface area contributed by atoms with Gasteiger partial charge in [0.1, 0.15) is 5.75 Å². The summed E-state index contributed by atoms with van der Waals surface area (Å²) in [5.41, 5.74) is 1.04. The summed E-state index contributed by atoms with van der Waals surface area (Å²) in [5, 5.41) is 3.49. The predicted molar refractivity (Wildman–Crippen MR) is 104 cm³/mol. The lowest BCUT2D eigenvalue weighted by Gasteiger charge is -2.18. The Morgan fingerprint density at radius 3 is 2.27 bits per heavy atom. The Balaban J connectivity index is 1.91. The van der Waals surface area contributed by atoms with Gasteiger partial charge >= 0.3 is 0 Å². The van der Waals surface area contributed by atoms with Crippen molar-refractivity contribution in [2.24, 2.45) is 0 Å². The van der Waals surface area contributed by atoms with Crippen LogP contribution >= 0.6 is 23.2 Å². The Morgan fingerprint density at radius 2 is 1.69 bits per heavy atom. The van der Waals surface area contributed by atoms with Crippen molar-refractivity contribution in [1.29, 1.82) is 0 Å². The summed E-state index contributed by atoms with van der Waals surface area (Å²) in [6.45, 7) is 5.00. The van der Waals surface area contributed by atoms with E-state index in [1.807, 2.05) is 13.8 Å². The third-order valence-corrected chi connectivity index (χ3v) is 4.27. The second-order valence-corrected chi connectivity index (χ2v) is 6.31. The fourth-order valence-electron chi connectivity index (χ4n) is 2.31. The van der Waals surface area contributed by atoms with E-state index in [2.05, 4.69) is 5.32 Å². The van der Waals surface area contributed by atoms with Gasteiger partial charge in [0.25, 0.3) is 11.8 Å². The Morgan fingerprint density at radius 1 is 1.04 bits per heavy atom. The van der Waals surface area contributed by atoms with Crippen LogP contribution in [0.3, 0.4) is 0 Å². The van der Waals surface area contributed by atoms with Gasteiger partial charge in [0, 0.05) is 23.7 Å². The molecule has 26 heavy (non-hydrogen) atoms. The molecule has 138 valence electrons. The number of carbonyl (C=O) groups excluding carboxylic acids is 2. The fraction of sp³-hybridized carbons (Fsp3) is 0.263. The number of anilines is 1. The van der Waals surface area contributed by atoms with Crippen LogP contribution < -0.4 is 10.1 Å². The quantitative estimate of drug-likeness (QED) is 0.752. The third-order valence-electron chi connectivity index (χ3n) is 3.73. The molecule has 7 heteroatoms. The van der Waals surface area contributed by atoms with Crippen LogP contribution in [0.5, 0.6) is 5.75 Å². The van der Waals surface area contributed by atoms with Crippen LogP contribution in [0.4, 0.5) is 5.69 Å². The van der Waals surface area contributed by atoms with E-state index in [1.54, 1.807) is 47.4 Å². The zero-order valence-electron chi connectivity index (χ0n) is 14.6. The number of carbonyl (C=O) groups is 2. The monoisotopic (exact) mass is 394 g/mol. The van der Waals surface area contributed by atoms with Crippen LogP contribution in [-0.2, 0) is 4.79 Å². The van der Waals surface area contributed by atoms with Gasteiger partial charge in [-0.1, -0.05) is 23.2 Å². The van der Waals surface area contributed by atoms with Gasteiger partial charge in [-0.3, -0.25) is 9.59 Å². The van der Waals surface area contributed by atoms with Gasteiger partial charge in [0.2, 0.25) is 0 Å². The maximum atomic E-state index is 12.2. The molecule has 0 aliphatic rings. The van der Waals surface area contributed by atoms with Crippen LogP contribution in [0.15, 0.2) is 42.5 Å². The number of rotatable bonds is 7. The summed E-state index contributed by atoms with van der Waals surface area (Å²) >= 11 is 11.8. The molecule has 0 aliphatic carbocycles. The number of hydrogen-bond donors (Lipinski definition) is 1. The lowest BCUT2D eigenvalue weighted by molar-refractivity contribution is -0.118. The third kappa shape index (κ3) is 5.38. The Hall–Kier alpha value is -2.24. The number of amides is 2. The summed E-state index contributed by atoms with van der Waals surface area (Å²) in [7, 11) is 0. The molecule has 2 rings (SSSR count). The lowest BCUT2D eigenvalue weighted by Crippen LogP contribution is -2.30. The van der Waals surface area contributed by atoms with Gasteiger partial charge in [-0.2, -0.15) is 0 Å². The van der Waals surface area contributed by atoms with Gasteiger partial charge in [0.05, 0.1) is 10.7 Å². The van der Waals surface area contributed by atoms with Crippen LogP contribution in [0, 0.1) is 0 Å². The Bertz CT molecular complexity index is 775. The second-order valence-electron chi connectivity index (χ2n) is 5.46. The molecule has 0 fully saturated rings. The first kappa shape index (κ1) is 20.1. The molecule has 2 aromatic carbocycles. The number of ether oxygens (including phenoxy) is 1. The standard InChI is InChI=1S/C19H20Cl2N2O3/c1-3-23(4-2)19(25)13-5-8-15(9-6-13)26-12-18(24)22-17-10-7-14(20)11-16(17)21/h5-11H,3-4,12H2,1-2H3,(H,22,24). The van der Waals surface area contributed by atoms with Crippen molar-refractivity contribution in [1.82, 2.24) is 4.90 Å². The SMILES string of the molecule is CCN(CC)C(=O)c1ccc(OCC(=O)Nc2ccc(Cl)cc2Cl)cc1. The van der Waals surface area contributed by atoms with E-state index < -0.39 is 0 Å². The fourth-order valence-corrected chi connectivity index (χ4v) is 2.77. The molecule has 0 aromatic heterocycles. The highest BCUT2D eigenvalue weighted by Crippen LogP contribution is 2.25. The summed E-state index contributed by atoms with van der Waals surface area (Å²) in [6, 6.07) is 11.5. The van der Waals surface area contributed by atoms with E-state index in [4.69, 9.17) is 27.9 Å². The van der Waals surface area contributed by atoms with E-state index >= 15 is 0 Å². The van der Waals surface area contributed by atoms with Crippen molar-refractivity contribution >= 4 is 40.7 Å². The van der Waals surface area contributed by atoms with E-state index in [1.165, 1.54) is 0 Å². The van der Waals surface area contributed by atoms with Crippen molar-refractivity contribution in [2.75, 3.05) is 25.0 Å². The second kappa shape index (κ2) is 9.46. The topological polar surface area (TPSA) is 58.6 Å². The Labute approximate surface area is 162 Å². The number of hydrogen-bond acceptors (Lipinski definition) is 3. The van der Waals surface area contributed by atoms with Gasteiger partial charge in [0.15, 0.2) is 6.61 Å². The molecule has 1 N–H and O–H groups in total. The molecule has 0 spiro atoms. The minimum absolute atomic E-state index is 0.0309. The molecule has 0 saturated carbocycles. The Kier molecular flexibility index (Phi) is 7.30. The molecule has 5 nitrogen and oxygen atoms in total. The zero-order chi connectivity index (χ0) is 19.1. The highest BCUT2D eigenvalue weighted by atomic mass is 35.5. The van der Waals surface area contributed by atoms with Gasteiger partial charge in [-0.25, -0.2) is 0 Å². The van der Waals surface area contributed by atoms with Crippen molar-refractivity contribution in [3.8, 4) is 5.75 Å². The number of benzene rings is 2. The van der Waals surface area contributed by atoms with Gasteiger partial charge in [-0.15, -0.1) is 0 Å². The van der Waals surface area contributed by atoms with E-state index in [-0.39, 0.29) is 18.4 Å². The molecule has 0 saturated heterocycles. The number of halogens is 2. The molecule has 2 amide bonds. The molecule has 0 aliphatic heterocycles. The van der Waals surface area contributed by atoms with Crippen molar-refractivity contribution in [3.05, 3.63) is 58.1 Å². The summed E-state index contributed by atoms with van der Waals surface area (Å²) in [6.07, 6.45) is 0. The van der Waals surface area contributed by atoms with E-state index in [0.717, 1.165) is 0 Å². The van der Waals surface area contributed by atoms with Crippen molar-refractivity contribution in [3.63, 3.8) is 0 Å². The first-order valence-electron chi connectivity index (χ1n) is 8.21. The van der Waals surface area contributed by atoms with Gasteiger partial charge < -0.3 is 15.0 Å². The van der Waals surface area contributed by atoms with Crippen LogP contribution in [0.2, 0.25) is 10.0 Å². The molecule has 0 atom stereocenters. The number of nitrogens with zero attached hydrogens (tertiary/aromatic N) is 1. The average Bonchev–Trinajstić information content (AvgIpc) is 2.63. The van der Waals surface area contributed by atoms with Gasteiger partial charge in [-0.05, 0) is 56.3 Å². The van der Waals surface area contributed by atoms with E-state index in [0.29, 0.717) is 40.1 Å². The zero-order valence-corrected chi connectivity index (χ0v) is 16.1. The smallest absolute Gasteiger partial charge is 0.262 e.